The summed E-state index contributed by atoms with van der Waals surface area (Å²) in [5.74, 6) is -0.0611. The van der Waals surface area contributed by atoms with E-state index < -0.39 is 0 Å². The van der Waals surface area contributed by atoms with E-state index in [0.717, 1.165) is 31.5 Å². The average Bonchev–Trinajstić information content (AvgIpc) is 3.10. The van der Waals surface area contributed by atoms with Gasteiger partial charge < -0.3 is 5.32 Å². The summed E-state index contributed by atoms with van der Waals surface area (Å²) in [4.78, 5) is 26.7. The second kappa shape index (κ2) is 7.41. The Hall–Kier alpha value is -2.46. The Morgan fingerprint density at radius 3 is 2.38 bits per heavy atom. The molecule has 1 amide bonds. The monoisotopic (exact) mass is 322 g/mol. The Kier molecular flexibility index (Phi) is 5.06. The molecule has 0 saturated carbocycles. The molecule has 0 spiro atoms. The molecule has 1 heterocycles. The van der Waals surface area contributed by atoms with Gasteiger partial charge in [-0.1, -0.05) is 42.5 Å². The minimum absolute atomic E-state index is 0.00903. The summed E-state index contributed by atoms with van der Waals surface area (Å²) in [6.45, 7) is 3.39. The first-order valence-corrected chi connectivity index (χ1v) is 8.36. The third-order valence-corrected chi connectivity index (χ3v) is 4.41. The van der Waals surface area contributed by atoms with Crippen molar-refractivity contribution in [1.82, 2.24) is 4.90 Å². The largest absolute Gasteiger partial charge is 0.324 e. The summed E-state index contributed by atoms with van der Waals surface area (Å²) >= 11 is 0. The summed E-state index contributed by atoms with van der Waals surface area (Å²) in [6.07, 6.45) is 2.24. The van der Waals surface area contributed by atoms with Crippen molar-refractivity contribution in [3.05, 3.63) is 65.7 Å². The van der Waals surface area contributed by atoms with Gasteiger partial charge in [0.25, 0.3) is 0 Å². The predicted octanol–water partition coefficient (Wildman–Crippen LogP) is 3.66. The molecular weight excluding hydrogens is 300 g/mol. The van der Waals surface area contributed by atoms with Crippen LogP contribution in [0.2, 0.25) is 0 Å². The first kappa shape index (κ1) is 16.4. The Morgan fingerprint density at radius 1 is 1.00 bits per heavy atom. The number of carbonyl (C=O) groups excluding carboxylic acids is 2. The second-order valence-electron chi connectivity index (χ2n) is 6.18. The molecule has 1 fully saturated rings. The van der Waals surface area contributed by atoms with Gasteiger partial charge in [0.1, 0.15) is 6.04 Å². The highest BCUT2D eigenvalue weighted by Crippen LogP contribution is 2.26. The van der Waals surface area contributed by atoms with Crippen molar-refractivity contribution in [1.29, 1.82) is 0 Å². The summed E-state index contributed by atoms with van der Waals surface area (Å²) in [6, 6.07) is 16.7. The molecule has 0 radical (unpaired) electrons. The number of anilines is 1. The van der Waals surface area contributed by atoms with Gasteiger partial charge in [0.15, 0.2) is 5.78 Å². The highest BCUT2D eigenvalue weighted by molar-refractivity contribution is 5.98. The minimum Gasteiger partial charge on any atom is -0.324 e. The molecule has 1 N–H and O–H groups in total. The van der Waals surface area contributed by atoms with E-state index in [1.807, 2.05) is 36.4 Å². The lowest BCUT2D eigenvalue weighted by atomic mass is 10.0. The Labute approximate surface area is 142 Å². The molecule has 1 aliphatic heterocycles. The van der Waals surface area contributed by atoms with E-state index in [1.54, 1.807) is 18.2 Å². The number of nitrogens with one attached hydrogen (secondary N) is 1. The summed E-state index contributed by atoms with van der Waals surface area (Å²) in [5.41, 5.74) is 2.26. The van der Waals surface area contributed by atoms with Crippen LogP contribution in [0.15, 0.2) is 54.6 Å². The molecule has 0 aliphatic carbocycles. The molecule has 24 heavy (non-hydrogen) atoms. The van der Waals surface area contributed by atoms with Crippen LogP contribution in [0.4, 0.5) is 5.69 Å². The van der Waals surface area contributed by atoms with E-state index >= 15 is 0 Å². The van der Waals surface area contributed by atoms with Crippen LogP contribution in [-0.4, -0.2) is 29.7 Å². The molecule has 4 nitrogen and oxygen atoms in total. The first-order chi connectivity index (χ1) is 11.6. The fraction of sp³-hybridized carbons (Fsp3) is 0.300. The fourth-order valence-corrected chi connectivity index (χ4v) is 3.19. The third kappa shape index (κ3) is 3.71. The molecule has 2 aromatic carbocycles. The van der Waals surface area contributed by atoms with Crippen LogP contribution in [0.3, 0.4) is 0 Å². The van der Waals surface area contributed by atoms with Crippen molar-refractivity contribution in [3.8, 4) is 0 Å². The first-order valence-electron chi connectivity index (χ1n) is 8.36. The quantitative estimate of drug-likeness (QED) is 0.855. The number of Topliss-reactive ketones (excluding diaryl/α,β-unsaturated/α-hetero) is 1. The van der Waals surface area contributed by atoms with Gasteiger partial charge in [-0.2, -0.15) is 0 Å². The zero-order valence-electron chi connectivity index (χ0n) is 13.9. The van der Waals surface area contributed by atoms with Crippen LogP contribution >= 0.6 is 0 Å². The molecule has 1 atom stereocenters. The zero-order chi connectivity index (χ0) is 16.9. The van der Waals surface area contributed by atoms with E-state index in [-0.39, 0.29) is 17.7 Å². The van der Waals surface area contributed by atoms with Gasteiger partial charge in [0, 0.05) is 11.3 Å². The van der Waals surface area contributed by atoms with Crippen LogP contribution in [0.1, 0.15) is 41.7 Å². The van der Waals surface area contributed by atoms with Crippen LogP contribution in [0.5, 0.6) is 0 Å². The van der Waals surface area contributed by atoms with E-state index in [0.29, 0.717) is 11.3 Å². The summed E-state index contributed by atoms with van der Waals surface area (Å²) in [7, 11) is 0. The summed E-state index contributed by atoms with van der Waals surface area (Å²) in [5, 5.41) is 2.98. The number of carbonyl (C=O) groups is 2. The lowest BCUT2D eigenvalue weighted by Crippen LogP contribution is -2.35. The number of benzene rings is 2. The van der Waals surface area contributed by atoms with Crippen molar-refractivity contribution < 1.29 is 9.59 Å². The van der Waals surface area contributed by atoms with E-state index in [1.165, 1.54) is 6.92 Å². The lowest BCUT2D eigenvalue weighted by Gasteiger charge is -2.27. The molecule has 124 valence electrons. The molecule has 0 unspecified atom stereocenters. The number of nitrogens with zero attached hydrogens (tertiary/aromatic N) is 1. The van der Waals surface area contributed by atoms with Crippen molar-refractivity contribution in [3.63, 3.8) is 0 Å². The SMILES string of the molecule is CC(=O)c1cccc(NC(=O)[C@H](c2ccccc2)N2CCCC2)c1. The molecular formula is C20H22N2O2. The van der Waals surface area contributed by atoms with Crippen LogP contribution in [0.25, 0.3) is 0 Å². The smallest absolute Gasteiger partial charge is 0.246 e. The predicted molar refractivity (Wildman–Crippen MR) is 95.1 cm³/mol. The van der Waals surface area contributed by atoms with Gasteiger partial charge in [-0.25, -0.2) is 0 Å². The molecule has 3 rings (SSSR count). The normalized spacial score (nSPS) is 15.9. The van der Waals surface area contributed by atoms with Gasteiger partial charge in [-0.3, -0.25) is 14.5 Å². The topological polar surface area (TPSA) is 49.4 Å². The zero-order valence-corrected chi connectivity index (χ0v) is 13.9. The molecule has 2 aromatic rings. The van der Waals surface area contributed by atoms with Gasteiger partial charge in [0.2, 0.25) is 5.91 Å². The molecule has 0 aromatic heterocycles. The maximum absolute atomic E-state index is 12.9. The Morgan fingerprint density at radius 2 is 1.71 bits per heavy atom. The maximum atomic E-state index is 12.9. The van der Waals surface area contributed by atoms with E-state index in [9.17, 15) is 9.59 Å². The highest BCUT2D eigenvalue weighted by Gasteiger charge is 2.29. The second-order valence-corrected chi connectivity index (χ2v) is 6.18. The molecule has 1 saturated heterocycles. The Bertz CT molecular complexity index is 721. The maximum Gasteiger partial charge on any atom is 0.246 e. The van der Waals surface area contributed by atoms with Crippen LogP contribution in [0, 0.1) is 0 Å². The van der Waals surface area contributed by atoms with Crippen molar-refractivity contribution in [2.45, 2.75) is 25.8 Å². The van der Waals surface area contributed by atoms with Gasteiger partial charge >= 0.3 is 0 Å². The van der Waals surface area contributed by atoms with Gasteiger partial charge in [0.05, 0.1) is 0 Å². The standard InChI is InChI=1S/C20H22N2O2/c1-15(23)17-10-7-11-18(14-17)21-20(24)19(22-12-5-6-13-22)16-8-3-2-4-9-16/h2-4,7-11,14,19H,5-6,12-13H2,1H3,(H,21,24)/t19-/m0/s1. The van der Waals surface area contributed by atoms with Gasteiger partial charge in [-0.15, -0.1) is 0 Å². The number of rotatable bonds is 5. The van der Waals surface area contributed by atoms with Crippen molar-refractivity contribution in [2.75, 3.05) is 18.4 Å². The number of hydrogen-bond acceptors (Lipinski definition) is 3. The number of likely N-dealkylation sites (tertiary alicyclic amines) is 1. The van der Waals surface area contributed by atoms with Crippen LogP contribution in [-0.2, 0) is 4.79 Å². The molecule has 0 bridgehead atoms. The van der Waals surface area contributed by atoms with Crippen molar-refractivity contribution >= 4 is 17.4 Å². The number of amides is 1. The van der Waals surface area contributed by atoms with E-state index in [4.69, 9.17) is 0 Å². The minimum atomic E-state index is -0.297. The fourth-order valence-electron chi connectivity index (χ4n) is 3.19. The lowest BCUT2D eigenvalue weighted by molar-refractivity contribution is -0.121. The molecule has 4 heteroatoms. The molecule has 1 aliphatic rings. The number of hydrogen-bond donors (Lipinski definition) is 1. The number of ketones is 1. The van der Waals surface area contributed by atoms with Crippen molar-refractivity contribution in [2.24, 2.45) is 0 Å². The van der Waals surface area contributed by atoms with E-state index in [2.05, 4.69) is 10.2 Å². The average molecular weight is 322 g/mol. The summed E-state index contributed by atoms with van der Waals surface area (Å²) < 4.78 is 0. The third-order valence-electron chi connectivity index (χ3n) is 4.41. The highest BCUT2D eigenvalue weighted by atomic mass is 16.2. The van der Waals surface area contributed by atoms with Gasteiger partial charge in [-0.05, 0) is 50.6 Å². The van der Waals surface area contributed by atoms with Crippen LogP contribution < -0.4 is 5.32 Å². The Balaban J connectivity index is 1.84.